The smallest absolute Gasteiger partial charge is 0.0685 e. The van der Waals surface area contributed by atoms with Gasteiger partial charge in [0.2, 0.25) is 0 Å². The lowest BCUT2D eigenvalue weighted by atomic mass is 9.57. The van der Waals surface area contributed by atoms with Crippen molar-refractivity contribution in [2.45, 2.75) is 52.2 Å². The highest BCUT2D eigenvalue weighted by Crippen LogP contribution is 2.51. The van der Waals surface area contributed by atoms with Crippen molar-refractivity contribution in [2.75, 3.05) is 26.4 Å². The highest BCUT2D eigenvalue weighted by atomic mass is 16.5. The van der Waals surface area contributed by atoms with Gasteiger partial charge in [-0.05, 0) is 12.8 Å². The molecule has 0 radical (unpaired) electrons. The van der Waals surface area contributed by atoms with Crippen molar-refractivity contribution in [1.82, 2.24) is 5.32 Å². The molecule has 2 fully saturated rings. The van der Waals surface area contributed by atoms with Gasteiger partial charge in [-0.25, -0.2) is 0 Å². The maximum atomic E-state index is 5.79. The number of fused-ring (bicyclic) bond motifs is 1. The molecule has 0 amide bonds. The summed E-state index contributed by atoms with van der Waals surface area (Å²) >= 11 is 0. The van der Waals surface area contributed by atoms with Crippen LogP contribution in [0.25, 0.3) is 0 Å². The van der Waals surface area contributed by atoms with Crippen molar-refractivity contribution in [3.05, 3.63) is 0 Å². The first-order valence-electron chi connectivity index (χ1n) is 7.10. The Kier molecular flexibility index (Phi) is 4.45. The van der Waals surface area contributed by atoms with Crippen LogP contribution in [-0.2, 0) is 9.47 Å². The Bertz CT molecular complexity index is 242. The Hall–Kier alpha value is -0.120. The van der Waals surface area contributed by atoms with E-state index >= 15 is 0 Å². The summed E-state index contributed by atoms with van der Waals surface area (Å²) < 4.78 is 11.4. The van der Waals surface area contributed by atoms with Crippen molar-refractivity contribution in [2.24, 2.45) is 11.3 Å². The summed E-state index contributed by atoms with van der Waals surface area (Å²) in [5.41, 5.74) is 0.296. The van der Waals surface area contributed by atoms with E-state index in [2.05, 4.69) is 26.1 Å². The number of hydrogen-bond donors (Lipinski definition) is 1. The second kappa shape index (κ2) is 5.68. The SMILES string of the molecule is CCCCOCCNC1C2CCOC2C1(C)C. The predicted octanol–water partition coefficient (Wildman–Crippen LogP) is 2.21. The first-order chi connectivity index (χ1) is 8.18. The molecule has 0 bridgehead atoms. The molecule has 2 aliphatic rings. The van der Waals surface area contributed by atoms with Crippen LogP contribution in [0.4, 0.5) is 0 Å². The molecule has 1 aliphatic heterocycles. The second-order valence-electron chi connectivity index (χ2n) is 5.96. The Balaban J connectivity index is 1.63. The summed E-state index contributed by atoms with van der Waals surface area (Å²) in [6.07, 6.45) is 4.10. The summed E-state index contributed by atoms with van der Waals surface area (Å²) in [5, 5.41) is 3.65. The van der Waals surface area contributed by atoms with Crippen LogP contribution in [0.5, 0.6) is 0 Å². The Morgan fingerprint density at radius 2 is 2.18 bits per heavy atom. The molecule has 3 unspecified atom stereocenters. The average Bonchev–Trinajstić information content (AvgIpc) is 2.74. The van der Waals surface area contributed by atoms with Crippen LogP contribution >= 0.6 is 0 Å². The van der Waals surface area contributed by atoms with Crippen LogP contribution < -0.4 is 5.32 Å². The topological polar surface area (TPSA) is 30.5 Å². The quantitative estimate of drug-likeness (QED) is 0.693. The lowest BCUT2D eigenvalue weighted by Crippen LogP contribution is -2.66. The van der Waals surface area contributed by atoms with Crippen molar-refractivity contribution in [3.63, 3.8) is 0 Å². The van der Waals surface area contributed by atoms with E-state index in [1.54, 1.807) is 0 Å². The standard InChI is InChI=1S/C14H27NO2/c1-4-5-8-16-10-7-15-12-11-6-9-17-13(11)14(12,2)3/h11-13,15H,4-10H2,1-3H3. The van der Waals surface area contributed by atoms with Gasteiger partial charge in [-0.15, -0.1) is 0 Å². The van der Waals surface area contributed by atoms with Crippen molar-refractivity contribution in [3.8, 4) is 0 Å². The zero-order valence-electron chi connectivity index (χ0n) is 11.5. The third-order valence-corrected chi connectivity index (χ3v) is 4.35. The minimum absolute atomic E-state index is 0.296. The molecular weight excluding hydrogens is 214 g/mol. The van der Waals surface area contributed by atoms with E-state index in [4.69, 9.17) is 9.47 Å². The molecule has 0 aromatic carbocycles. The largest absolute Gasteiger partial charge is 0.380 e. The molecule has 3 nitrogen and oxygen atoms in total. The maximum absolute atomic E-state index is 5.79. The van der Waals surface area contributed by atoms with E-state index in [-0.39, 0.29) is 0 Å². The molecule has 100 valence electrons. The summed E-state index contributed by atoms with van der Waals surface area (Å²) in [4.78, 5) is 0. The molecule has 2 rings (SSSR count). The van der Waals surface area contributed by atoms with Crippen LogP contribution in [0, 0.1) is 11.3 Å². The van der Waals surface area contributed by atoms with E-state index in [0.717, 1.165) is 32.3 Å². The Labute approximate surface area is 105 Å². The fourth-order valence-electron chi connectivity index (χ4n) is 3.37. The molecule has 0 aromatic heterocycles. The zero-order valence-corrected chi connectivity index (χ0v) is 11.5. The molecule has 1 aliphatic carbocycles. The van der Waals surface area contributed by atoms with Crippen LogP contribution in [0.3, 0.4) is 0 Å². The molecule has 0 aromatic rings. The molecule has 1 N–H and O–H groups in total. The second-order valence-corrected chi connectivity index (χ2v) is 5.96. The molecule has 3 heteroatoms. The first-order valence-corrected chi connectivity index (χ1v) is 7.10. The van der Waals surface area contributed by atoms with Gasteiger partial charge in [0.25, 0.3) is 0 Å². The van der Waals surface area contributed by atoms with Crippen molar-refractivity contribution in [1.29, 1.82) is 0 Å². The summed E-state index contributed by atoms with van der Waals surface area (Å²) in [6, 6.07) is 0.616. The fourth-order valence-corrected chi connectivity index (χ4v) is 3.37. The van der Waals surface area contributed by atoms with Crippen LogP contribution in [0.15, 0.2) is 0 Å². The molecule has 17 heavy (non-hydrogen) atoms. The minimum Gasteiger partial charge on any atom is -0.380 e. The highest BCUT2D eigenvalue weighted by molar-refractivity contribution is 5.11. The zero-order chi connectivity index (χ0) is 12.3. The van der Waals surface area contributed by atoms with Gasteiger partial charge in [-0.3, -0.25) is 0 Å². The van der Waals surface area contributed by atoms with Gasteiger partial charge < -0.3 is 14.8 Å². The van der Waals surface area contributed by atoms with Crippen LogP contribution in [0.2, 0.25) is 0 Å². The maximum Gasteiger partial charge on any atom is 0.0685 e. The third-order valence-electron chi connectivity index (χ3n) is 4.35. The molecular formula is C14H27NO2. The van der Waals surface area contributed by atoms with Crippen LogP contribution in [0.1, 0.15) is 40.0 Å². The fraction of sp³-hybridized carbons (Fsp3) is 1.00. The van der Waals surface area contributed by atoms with Gasteiger partial charge in [0.1, 0.15) is 0 Å². The normalized spacial score (nSPS) is 34.4. The van der Waals surface area contributed by atoms with Crippen molar-refractivity contribution >= 4 is 0 Å². The number of nitrogens with one attached hydrogen (secondary N) is 1. The molecule has 1 heterocycles. The van der Waals surface area contributed by atoms with Crippen LogP contribution in [-0.4, -0.2) is 38.5 Å². The van der Waals surface area contributed by atoms with Gasteiger partial charge >= 0.3 is 0 Å². The third kappa shape index (κ3) is 2.67. The van der Waals surface area contributed by atoms with Gasteiger partial charge in [-0.2, -0.15) is 0 Å². The Morgan fingerprint density at radius 3 is 2.94 bits per heavy atom. The molecule has 3 atom stereocenters. The van der Waals surface area contributed by atoms with Gasteiger partial charge in [0.15, 0.2) is 0 Å². The lowest BCUT2D eigenvalue weighted by molar-refractivity contribution is -0.113. The van der Waals surface area contributed by atoms with E-state index < -0.39 is 0 Å². The van der Waals surface area contributed by atoms with Gasteiger partial charge in [-0.1, -0.05) is 27.2 Å². The monoisotopic (exact) mass is 241 g/mol. The number of unbranched alkanes of at least 4 members (excludes halogenated alkanes) is 1. The molecule has 0 spiro atoms. The lowest BCUT2D eigenvalue weighted by Gasteiger charge is -2.55. The number of ether oxygens (including phenoxy) is 2. The van der Waals surface area contributed by atoms with Crippen molar-refractivity contribution < 1.29 is 9.47 Å². The average molecular weight is 241 g/mol. The van der Waals surface area contributed by atoms with Gasteiger partial charge in [0.05, 0.1) is 12.7 Å². The number of hydrogen-bond acceptors (Lipinski definition) is 3. The highest BCUT2D eigenvalue weighted by Gasteiger charge is 2.58. The van der Waals surface area contributed by atoms with Gasteiger partial charge in [0, 0.05) is 37.1 Å². The predicted molar refractivity (Wildman–Crippen MR) is 69.1 cm³/mol. The first kappa shape index (κ1) is 13.3. The molecule has 1 saturated carbocycles. The van der Waals surface area contributed by atoms with E-state index in [1.807, 2.05) is 0 Å². The molecule has 1 saturated heterocycles. The summed E-state index contributed by atoms with van der Waals surface area (Å²) in [5.74, 6) is 0.737. The minimum atomic E-state index is 0.296. The van der Waals surface area contributed by atoms with E-state index in [0.29, 0.717) is 17.6 Å². The Morgan fingerprint density at radius 1 is 1.35 bits per heavy atom. The number of rotatable bonds is 7. The summed E-state index contributed by atoms with van der Waals surface area (Å²) in [7, 11) is 0. The van der Waals surface area contributed by atoms with E-state index in [9.17, 15) is 0 Å². The summed E-state index contributed by atoms with van der Waals surface area (Å²) in [6.45, 7) is 10.5. The van der Waals surface area contributed by atoms with E-state index in [1.165, 1.54) is 19.3 Å².